The SMILES string of the molecule is O=C1CC(c2ccc(-c3ccncc3)cc2)C1. The van der Waals surface area contributed by atoms with Gasteiger partial charge in [0, 0.05) is 25.2 Å². The first-order valence-electron chi connectivity index (χ1n) is 5.85. The van der Waals surface area contributed by atoms with Gasteiger partial charge in [-0.15, -0.1) is 0 Å². The second-order valence-corrected chi connectivity index (χ2v) is 4.50. The second kappa shape index (κ2) is 4.13. The van der Waals surface area contributed by atoms with Crippen LogP contribution in [0.5, 0.6) is 0 Å². The second-order valence-electron chi connectivity index (χ2n) is 4.50. The first kappa shape index (κ1) is 10.2. The Kier molecular flexibility index (Phi) is 2.48. The first-order chi connectivity index (χ1) is 8.33. The molecule has 1 saturated carbocycles. The first-order valence-corrected chi connectivity index (χ1v) is 5.85. The van der Waals surface area contributed by atoms with E-state index >= 15 is 0 Å². The van der Waals surface area contributed by atoms with Gasteiger partial charge in [-0.2, -0.15) is 0 Å². The molecule has 0 spiro atoms. The van der Waals surface area contributed by atoms with E-state index in [1.807, 2.05) is 12.1 Å². The van der Waals surface area contributed by atoms with Crippen molar-refractivity contribution in [2.75, 3.05) is 0 Å². The Balaban J connectivity index is 1.83. The van der Waals surface area contributed by atoms with Crippen LogP contribution in [0.3, 0.4) is 0 Å². The van der Waals surface area contributed by atoms with Crippen LogP contribution in [0.25, 0.3) is 11.1 Å². The molecule has 0 amide bonds. The quantitative estimate of drug-likeness (QED) is 0.782. The molecule has 0 unspecified atom stereocenters. The van der Waals surface area contributed by atoms with Gasteiger partial charge in [0.05, 0.1) is 0 Å². The summed E-state index contributed by atoms with van der Waals surface area (Å²) in [6.07, 6.45) is 5.03. The molecular formula is C15H13NO. The Hall–Kier alpha value is -1.96. The highest BCUT2D eigenvalue weighted by molar-refractivity contribution is 5.86. The maximum Gasteiger partial charge on any atom is 0.134 e. The van der Waals surface area contributed by atoms with Gasteiger partial charge in [0.1, 0.15) is 5.78 Å². The van der Waals surface area contributed by atoms with E-state index in [9.17, 15) is 4.79 Å². The molecule has 2 aromatic rings. The van der Waals surface area contributed by atoms with Crippen molar-refractivity contribution < 1.29 is 4.79 Å². The number of carbonyl (C=O) groups excluding carboxylic acids is 1. The van der Waals surface area contributed by atoms with Gasteiger partial charge in [-0.3, -0.25) is 9.78 Å². The van der Waals surface area contributed by atoms with Crippen LogP contribution in [0, 0.1) is 0 Å². The molecule has 3 rings (SSSR count). The molecule has 0 N–H and O–H groups in total. The van der Waals surface area contributed by atoms with Crippen LogP contribution < -0.4 is 0 Å². The lowest BCUT2D eigenvalue weighted by molar-refractivity contribution is -0.124. The van der Waals surface area contributed by atoms with Crippen molar-refractivity contribution in [3.63, 3.8) is 0 Å². The van der Waals surface area contributed by atoms with Crippen LogP contribution >= 0.6 is 0 Å². The summed E-state index contributed by atoms with van der Waals surface area (Å²) in [4.78, 5) is 15.0. The standard InChI is InChI=1S/C15H13NO/c17-15-9-14(10-15)12-3-1-11(2-4-12)13-5-7-16-8-6-13/h1-8,14H,9-10H2. The smallest absolute Gasteiger partial charge is 0.134 e. The molecule has 2 nitrogen and oxygen atoms in total. The minimum absolute atomic E-state index is 0.383. The van der Waals surface area contributed by atoms with E-state index in [0.29, 0.717) is 24.5 Å². The zero-order chi connectivity index (χ0) is 11.7. The normalized spacial score (nSPS) is 15.6. The zero-order valence-electron chi connectivity index (χ0n) is 9.47. The average Bonchev–Trinajstić information content (AvgIpc) is 2.36. The molecule has 1 heterocycles. The molecular weight excluding hydrogens is 210 g/mol. The van der Waals surface area contributed by atoms with Crippen LogP contribution in [0.1, 0.15) is 24.3 Å². The van der Waals surface area contributed by atoms with Crippen molar-refractivity contribution in [3.05, 3.63) is 54.4 Å². The summed E-state index contributed by atoms with van der Waals surface area (Å²) in [6.45, 7) is 0. The molecule has 1 aliphatic rings. The molecule has 0 aliphatic heterocycles. The van der Waals surface area contributed by atoms with Crippen molar-refractivity contribution >= 4 is 5.78 Å². The van der Waals surface area contributed by atoms with Crippen molar-refractivity contribution in [2.24, 2.45) is 0 Å². The predicted octanol–water partition coefficient (Wildman–Crippen LogP) is 3.20. The number of rotatable bonds is 2. The highest BCUT2D eigenvalue weighted by Gasteiger charge is 2.27. The Morgan fingerprint density at radius 1 is 0.882 bits per heavy atom. The molecule has 0 atom stereocenters. The highest BCUT2D eigenvalue weighted by atomic mass is 16.1. The van der Waals surface area contributed by atoms with Crippen LogP contribution in [0.4, 0.5) is 0 Å². The number of ketones is 1. The summed E-state index contributed by atoms with van der Waals surface area (Å²) in [5.41, 5.74) is 3.65. The van der Waals surface area contributed by atoms with Crippen molar-refractivity contribution in [1.82, 2.24) is 4.98 Å². The van der Waals surface area contributed by atoms with Crippen LogP contribution in [0.2, 0.25) is 0 Å². The summed E-state index contributed by atoms with van der Waals surface area (Å²) in [6, 6.07) is 12.5. The third-order valence-electron chi connectivity index (χ3n) is 3.34. The molecule has 1 aromatic heterocycles. The Labute approximate surface area is 100 Å². The van der Waals surface area contributed by atoms with Crippen LogP contribution in [-0.2, 0) is 4.79 Å². The van der Waals surface area contributed by atoms with Crippen molar-refractivity contribution in [3.8, 4) is 11.1 Å². The third-order valence-corrected chi connectivity index (χ3v) is 3.34. The van der Waals surface area contributed by atoms with Gasteiger partial charge >= 0.3 is 0 Å². The number of benzene rings is 1. The number of carbonyl (C=O) groups is 1. The lowest BCUT2D eigenvalue weighted by Crippen LogP contribution is -2.20. The lowest BCUT2D eigenvalue weighted by Gasteiger charge is -2.24. The fraction of sp³-hybridized carbons (Fsp3) is 0.200. The van der Waals surface area contributed by atoms with E-state index in [-0.39, 0.29) is 0 Å². The molecule has 1 aromatic carbocycles. The Morgan fingerprint density at radius 3 is 2.06 bits per heavy atom. The topological polar surface area (TPSA) is 30.0 Å². The number of Topliss-reactive ketones (excluding diaryl/α,β-unsaturated/α-hetero) is 1. The molecule has 17 heavy (non-hydrogen) atoms. The zero-order valence-corrected chi connectivity index (χ0v) is 9.47. The minimum Gasteiger partial charge on any atom is -0.300 e. The summed E-state index contributed by atoms with van der Waals surface area (Å²) < 4.78 is 0. The molecule has 84 valence electrons. The van der Waals surface area contributed by atoms with Gasteiger partial charge in [0.15, 0.2) is 0 Å². The summed E-state index contributed by atoms with van der Waals surface area (Å²) >= 11 is 0. The number of hydrogen-bond donors (Lipinski definition) is 0. The van der Waals surface area contributed by atoms with Gasteiger partial charge in [-0.25, -0.2) is 0 Å². The maximum absolute atomic E-state index is 11.0. The lowest BCUT2D eigenvalue weighted by atomic mass is 9.79. The fourth-order valence-corrected chi connectivity index (χ4v) is 2.22. The highest BCUT2D eigenvalue weighted by Crippen LogP contribution is 2.34. The largest absolute Gasteiger partial charge is 0.300 e. The van der Waals surface area contributed by atoms with E-state index < -0.39 is 0 Å². The van der Waals surface area contributed by atoms with Gasteiger partial charge in [-0.05, 0) is 34.7 Å². The summed E-state index contributed by atoms with van der Waals surface area (Å²) in [5, 5.41) is 0. The van der Waals surface area contributed by atoms with E-state index in [0.717, 1.165) is 0 Å². The van der Waals surface area contributed by atoms with E-state index in [1.165, 1.54) is 16.7 Å². The van der Waals surface area contributed by atoms with Crippen molar-refractivity contribution in [2.45, 2.75) is 18.8 Å². The molecule has 0 saturated heterocycles. The fourth-order valence-electron chi connectivity index (χ4n) is 2.22. The van der Waals surface area contributed by atoms with Gasteiger partial charge in [-0.1, -0.05) is 24.3 Å². The van der Waals surface area contributed by atoms with Gasteiger partial charge in [0.25, 0.3) is 0 Å². The minimum atomic E-state index is 0.383. The maximum atomic E-state index is 11.0. The number of hydrogen-bond acceptors (Lipinski definition) is 2. The predicted molar refractivity (Wildman–Crippen MR) is 66.7 cm³/mol. The Bertz CT molecular complexity index is 523. The number of pyridine rings is 1. The monoisotopic (exact) mass is 223 g/mol. The number of nitrogens with zero attached hydrogens (tertiary/aromatic N) is 1. The molecule has 1 aliphatic carbocycles. The molecule has 1 fully saturated rings. The van der Waals surface area contributed by atoms with E-state index in [1.54, 1.807) is 12.4 Å². The van der Waals surface area contributed by atoms with Gasteiger partial charge < -0.3 is 0 Å². The van der Waals surface area contributed by atoms with Crippen LogP contribution in [-0.4, -0.2) is 10.8 Å². The van der Waals surface area contributed by atoms with E-state index in [4.69, 9.17) is 0 Å². The molecule has 0 bridgehead atoms. The summed E-state index contributed by atoms with van der Waals surface area (Å²) in [5.74, 6) is 0.835. The van der Waals surface area contributed by atoms with Gasteiger partial charge in [0.2, 0.25) is 0 Å². The number of aromatic nitrogens is 1. The third kappa shape index (κ3) is 1.98. The Morgan fingerprint density at radius 2 is 1.47 bits per heavy atom. The molecule has 2 heteroatoms. The van der Waals surface area contributed by atoms with Crippen LogP contribution in [0.15, 0.2) is 48.8 Å². The summed E-state index contributed by atoms with van der Waals surface area (Å²) in [7, 11) is 0. The molecule has 0 radical (unpaired) electrons. The van der Waals surface area contributed by atoms with E-state index in [2.05, 4.69) is 29.2 Å². The van der Waals surface area contributed by atoms with Crippen molar-refractivity contribution in [1.29, 1.82) is 0 Å². The average molecular weight is 223 g/mol.